The Morgan fingerprint density at radius 2 is 2.00 bits per heavy atom. The van der Waals surface area contributed by atoms with Gasteiger partial charge in [-0.15, -0.1) is 0 Å². The third-order valence-electron chi connectivity index (χ3n) is 3.23. The van der Waals surface area contributed by atoms with E-state index in [4.69, 9.17) is 11.5 Å². The third-order valence-corrected chi connectivity index (χ3v) is 3.23. The molecule has 0 aliphatic heterocycles. The van der Waals surface area contributed by atoms with Gasteiger partial charge in [-0.25, -0.2) is 14.0 Å². The Balaban J connectivity index is 2.15. The Morgan fingerprint density at radius 3 is 2.62 bits per heavy atom. The van der Waals surface area contributed by atoms with Crippen LogP contribution in [-0.4, -0.2) is 28.7 Å². The lowest BCUT2D eigenvalue weighted by molar-refractivity contribution is 0.259. The molecule has 9 heteroatoms. The molecule has 0 unspecified atom stereocenters. The van der Waals surface area contributed by atoms with E-state index in [1.807, 2.05) is 17.4 Å². The predicted octanol–water partition coefficient (Wildman–Crippen LogP) is 0.301. The first-order chi connectivity index (χ1) is 11.5. The summed E-state index contributed by atoms with van der Waals surface area (Å²) in [5.41, 5.74) is 11.1. The van der Waals surface area contributed by atoms with E-state index in [1.54, 1.807) is 12.1 Å². The number of hydrogen-bond donors (Lipinski definition) is 4. The average Bonchev–Trinajstić information content (AvgIpc) is 2.55. The number of urea groups is 1. The highest BCUT2D eigenvalue weighted by molar-refractivity contribution is 5.86. The molecule has 2 rings (SSSR count). The van der Waals surface area contributed by atoms with Crippen LogP contribution in [-0.2, 0) is 6.54 Å². The van der Waals surface area contributed by atoms with E-state index in [0.717, 1.165) is 29.3 Å². The molecular formula is C15H19FN6O2. The van der Waals surface area contributed by atoms with Crippen molar-refractivity contribution in [3.05, 3.63) is 52.3 Å². The van der Waals surface area contributed by atoms with Crippen LogP contribution in [0.5, 0.6) is 0 Å². The number of nitrogens with zero attached hydrogens (tertiary/aromatic N) is 2. The number of nitrogens with two attached hydrogens (primary N) is 2. The summed E-state index contributed by atoms with van der Waals surface area (Å²) < 4.78 is 14.9. The topological polar surface area (TPSA) is 128 Å². The summed E-state index contributed by atoms with van der Waals surface area (Å²) in [5.74, 6) is -1.36. The van der Waals surface area contributed by atoms with Gasteiger partial charge >= 0.3 is 11.7 Å². The summed E-state index contributed by atoms with van der Waals surface area (Å²) in [7, 11) is 0. The van der Waals surface area contributed by atoms with Gasteiger partial charge < -0.3 is 16.8 Å². The number of halogens is 1. The number of primary amides is 1. The maximum Gasteiger partial charge on any atom is 0.354 e. The minimum absolute atomic E-state index is 0.461. The standard InChI is InChI=1S/C15H19FN6O2/c16-12-9-22(15(24)21-13(12)20-14(18)23)11-4-2-10(3-5-11)8-19-7-1-6-17/h2-5,9,19H,1,6-8,17H2,(H3,18,20,21,23,24). The van der Waals surface area contributed by atoms with Crippen LogP contribution < -0.4 is 27.8 Å². The van der Waals surface area contributed by atoms with Gasteiger partial charge in [-0.1, -0.05) is 12.1 Å². The summed E-state index contributed by atoms with van der Waals surface area (Å²) in [6.07, 6.45) is 1.85. The largest absolute Gasteiger partial charge is 0.354 e. The van der Waals surface area contributed by atoms with Crippen LogP contribution in [0.1, 0.15) is 12.0 Å². The zero-order valence-electron chi connectivity index (χ0n) is 13.0. The van der Waals surface area contributed by atoms with Crippen molar-refractivity contribution >= 4 is 11.8 Å². The highest BCUT2D eigenvalue weighted by Gasteiger charge is 2.11. The number of rotatable bonds is 7. The Morgan fingerprint density at radius 1 is 1.29 bits per heavy atom. The molecule has 24 heavy (non-hydrogen) atoms. The molecule has 0 saturated heterocycles. The fraction of sp³-hybridized carbons (Fsp3) is 0.267. The fourth-order valence-electron chi connectivity index (χ4n) is 2.06. The normalized spacial score (nSPS) is 10.6. The number of carbonyl (C=O) groups excluding carboxylic acids is 1. The zero-order chi connectivity index (χ0) is 17.5. The molecule has 0 bridgehead atoms. The van der Waals surface area contributed by atoms with Crippen LogP contribution >= 0.6 is 0 Å². The van der Waals surface area contributed by atoms with E-state index in [9.17, 15) is 14.0 Å². The second-order valence-corrected chi connectivity index (χ2v) is 5.06. The summed E-state index contributed by atoms with van der Waals surface area (Å²) in [5, 5.41) is 5.19. The van der Waals surface area contributed by atoms with Gasteiger partial charge in [0.1, 0.15) is 0 Å². The number of nitrogens with one attached hydrogen (secondary N) is 2. The Bertz CT molecular complexity index is 760. The van der Waals surface area contributed by atoms with Gasteiger partial charge in [0.05, 0.1) is 11.9 Å². The van der Waals surface area contributed by atoms with Gasteiger partial charge in [-0.3, -0.25) is 9.88 Å². The molecule has 2 amide bonds. The first-order valence-corrected chi connectivity index (χ1v) is 7.37. The van der Waals surface area contributed by atoms with Crippen LogP contribution in [0.25, 0.3) is 5.69 Å². The lowest BCUT2D eigenvalue weighted by Gasteiger charge is -2.09. The number of carbonyl (C=O) groups is 1. The van der Waals surface area contributed by atoms with Crippen molar-refractivity contribution in [2.45, 2.75) is 13.0 Å². The second kappa shape index (κ2) is 8.18. The van der Waals surface area contributed by atoms with Crippen molar-refractivity contribution in [1.29, 1.82) is 0 Å². The average molecular weight is 334 g/mol. The van der Waals surface area contributed by atoms with Crippen molar-refractivity contribution < 1.29 is 9.18 Å². The van der Waals surface area contributed by atoms with Crippen LogP contribution in [0.4, 0.5) is 15.0 Å². The van der Waals surface area contributed by atoms with E-state index in [1.165, 1.54) is 0 Å². The molecule has 1 aromatic heterocycles. The highest BCUT2D eigenvalue weighted by atomic mass is 19.1. The Kier molecular flexibility index (Phi) is 5.99. The molecule has 1 aromatic carbocycles. The minimum Gasteiger partial charge on any atom is -0.351 e. The van der Waals surface area contributed by atoms with Gasteiger partial charge in [0.25, 0.3) is 0 Å². The molecule has 2 aromatic rings. The Hall–Kier alpha value is -2.78. The zero-order valence-corrected chi connectivity index (χ0v) is 13.0. The lowest BCUT2D eigenvalue weighted by Crippen LogP contribution is -2.27. The highest BCUT2D eigenvalue weighted by Crippen LogP contribution is 2.12. The molecule has 1 heterocycles. The van der Waals surface area contributed by atoms with Crippen molar-refractivity contribution in [1.82, 2.24) is 14.9 Å². The fourth-order valence-corrected chi connectivity index (χ4v) is 2.06. The molecule has 0 aliphatic carbocycles. The molecule has 128 valence electrons. The maximum atomic E-state index is 13.9. The van der Waals surface area contributed by atoms with Crippen molar-refractivity contribution in [2.75, 3.05) is 18.4 Å². The van der Waals surface area contributed by atoms with Crippen LogP contribution in [0.3, 0.4) is 0 Å². The van der Waals surface area contributed by atoms with Gasteiger partial charge in [-0.05, 0) is 37.2 Å². The summed E-state index contributed by atoms with van der Waals surface area (Å²) in [4.78, 5) is 26.2. The van der Waals surface area contributed by atoms with E-state index in [-0.39, 0.29) is 0 Å². The lowest BCUT2D eigenvalue weighted by atomic mass is 10.2. The first kappa shape index (κ1) is 17.6. The van der Waals surface area contributed by atoms with Crippen LogP contribution in [0, 0.1) is 5.82 Å². The minimum atomic E-state index is -0.995. The second-order valence-electron chi connectivity index (χ2n) is 5.06. The van der Waals surface area contributed by atoms with Crippen molar-refractivity contribution in [2.24, 2.45) is 11.5 Å². The van der Waals surface area contributed by atoms with Crippen molar-refractivity contribution in [3.63, 3.8) is 0 Å². The number of anilines is 1. The smallest absolute Gasteiger partial charge is 0.351 e. The monoisotopic (exact) mass is 334 g/mol. The molecule has 0 saturated carbocycles. The first-order valence-electron chi connectivity index (χ1n) is 7.37. The molecule has 0 aliphatic rings. The molecule has 6 N–H and O–H groups in total. The molecule has 0 fully saturated rings. The van der Waals surface area contributed by atoms with Gasteiger partial charge in [0, 0.05) is 6.54 Å². The van der Waals surface area contributed by atoms with Gasteiger partial charge in [0.15, 0.2) is 11.6 Å². The van der Waals surface area contributed by atoms with E-state index < -0.39 is 23.4 Å². The van der Waals surface area contributed by atoms with Gasteiger partial charge in [-0.2, -0.15) is 4.98 Å². The van der Waals surface area contributed by atoms with Gasteiger partial charge in [0.2, 0.25) is 0 Å². The number of aromatic nitrogens is 2. The molecule has 0 spiro atoms. The quantitative estimate of drug-likeness (QED) is 0.541. The van der Waals surface area contributed by atoms with Crippen molar-refractivity contribution in [3.8, 4) is 5.69 Å². The number of benzene rings is 1. The van der Waals surface area contributed by atoms with Crippen LogP contribution in [0.2, 0.25) is 0 Å². The third kappa shape index (κ3) is 4.61. The van der Waals surface area contributed by atoms with E-state index in [0.29, 0.717) is 18.8 Å². The summed E-state index contributed by atoms with van der Waals surface area (Å²) >= 11 is 0. The van der Waals surface area contributed by atoms with E-state index in [2.05, 4.69) is 10.3 Å². The number of hydrogen-bond acceptors (Lipinski definition) is 5. The predicted molar refractivity (Wildman–Crippen MR) is 88.4 cm³/mol. The number of amides is 2. The molecule has 0 radical (unpaired) electrons. The maximum absolute atomic E-state index is 13.9. The summed E-state index contributed by atoms with van der Waals surface area (Å²) in [6, 6.07) is 6.02. The Labute approximate surface area is 137 Å². The summed E-state index contributed by atoms with van der Waals surface area (Å²) in [6.45, 7) is 2.12. The van der Waals surface area contributed by atoms with Crippen LogP contribution in [0.15, 0.2) is 35.3 Å². The van der Waals surface area contributed by atoms with E-state index >= 15 is 0 Å². The molecule has 8 nitrogen and oxygen atoms in total. The SMILES string of the molecule is NCCCNCc1ccc(-n2cc(F)c(NC(N)=O)nc2=O)cc1. The molecule has 0 atom stereocenters. The molecular weight excluding hydrogens is 315 g/mol.